The lowest BCUT2D eigenvalue weighted by atomic mass is 10.0. The van der Waals surface area contributed by atoms with E-state index in [9.17, 15) is 35.0 Å². The van der Waals surface area contributed by atoms with Crippen LogP contribution >= 0.6 is 11.6 Å². The second-order valence-corrected chi connectivity index (χ2v) is 25.3. The minimum Gasteiger partial charge on any atom is -0.497 e. The lowest BCUT2D eigenvalue weighted by Gasteiger charge is -2.35. The molecule has 5 fully saturated rings. The molecule has 0 saturated carbocycles. The quantitative estimate of drug-likeness (QED) is 0.0871. The molecule has 5 aliphatic rings. The molecule has 504 valence electrons. The Balaban J connectivity index is 0.000000140. The molecular formula is C70H74ClN19O8. The van der Waals surface area contributed by atoms with Crippen molar-refractivity contribution in [2.24, 2.45) is 17.8 Å². The number of likely N-dealkylation sites (tertiary alicyclic amines) is 1. The number of nitrogens with one attached hydrogen (secondary N) is 3. The fourth-order valence-electron chi connectivity index (χ4n) is 12.8. The number of halogens is 1. The zero-order chi connectivity index (χ0) is 68.7. The smallest absolute Gasteiger partial charge is 0.243 e. The standard InChI is InChI=1S/C25H27N7O3.C23H25N7O2.C22H22ClN5O3/c1-16(19-11-23(34)27-13-19)35-25-24-20(12-26)14-28-32(24)15-22(29-25)18-3-5-21(6-4-18)31-9-7-30(8-10-31)17(2)33;1-15(17-10-21(31)26-12-17)32-23-22-18(11-24)13-27-30(22)14-20(28-23)16-2-4-19(5-3-16)29-8-6-25-7-9-29;1-13(15-4-6-18(30-3)7-5-15)27-11-16(8-20(27)29)14(2)31-22-21-17(9-24)10-25-28(21)12-19(23)26-22/h3-6,14-16,19H,7-11,13H2,1-2H3,(H,27,34);2-5,13-15,17,25H,6-10,12H2,1H3,(H,26,31);4-7,10,12-14,16H,8,11H2,1-3H3/t16-,19-;15-,17-;13-,14-,16-/m111/s1. The van der Waals surface area contributed by atoms with E-state index in [4.69, 9.17) is 40.5 Å². The van der Waals surface area contributed by atoms with Crippen LogP contribution in [0.25, 0.3) is 39.1 Å². The second-order valence-electron chi connectivity index (χ2n) is 24.9. The first-order valence-electron chi connectivity index (χ1n) is 32.6. The highest BCUT2D eigenvalue weighted by Gasteiger charge is 2.38. The number of ether oxygens (including phenoxy) is 4. The average molecular weight is 1340 g/mol. The van der Waals surface area contributed by atoms with E-state index in [0.29, 0.717) is 95.3 Å². The van der Waals surface area contributed by atoms with Crippen molar-refractivity contribution in [2.45, 2.75) is 78.2 Å². The van der Waals surface area contributed by atoms with Gasteiger partial charge in [-0.2, -0.15) is 36.1 Å². The average Bonchev–Trinajstić information content (AvgIpc) is 1.56. The van der Waals surface area contributed by atoms with Gasteiger partial charge in [-0.05, 0) is 69.7 Å². The number of piperazine rings is 2. The van der Waals surface area contributed by atoms with E-state index in [1.807, 2.05) is 104 Å². The Hall–Kier alpha value is -11.1. The first kappa shape index (κ1) is 66.9. The van der Waals surface area contributed by atoms with Crippen LogP contribution in [0.1, 0.15) is 82.2 Å². The molecule has 14 rings (SSSR count). The van der Waals surface area contributed by atoms with Crippen LogP contribution in [0, 0.1) is 51.7 Å². The second kappa shape index (κ2) is 29.5. The first-order valence-corrected chi connectivity index (χ1v) is 33.0. The summed E-state index contributed by atoms with van der Waals surface area (Å²) in [6, 6.07) is 30.5. The SMILES string of the molecule is CC(=O)N1CCN(c2ccc(-c3cn4ncc(C#N)c4c(O[C@H](C)[C@H]4CNC(=O)C4)n3)cc2)CC1.COc1ccc([C@@H](C)N2C[C@H]([C@@H](C)Oc3nc(Cl)cn4ncc(C#N)c34)CC2=O)cc1.C[C@@H](Oc1nc(-c2ccc(N3CCNCC3)cc2)cn2ncc(C#N)c12)[C@H]1CNC(=O)C1. The maximum absolute atomic E-state index is 12.8. The predicted octanol–water partition coefficient (Wildman–Crippen LogP) is 7.06. The largest absolute Gasteiger partial charge is 0.497 e. The minimum atomic E-state index is -0.312. The van der Waals surface area contributed by atoms with Gasteiger partial charge in [0.05, 0.1) is 61.7 Å². The third kappa shape index (κ3) is 14.7. The summed E-state index contributed by atoms with van der Waals surface area (Å²) in [4.78, 5) is 69.7. The van der Waals surface area contributed by atoms with E-state index in [2.05, 4.69) is 76.4 Å². The maximum Gasteiger partial charge on any atom is 0.243 e. The third-order valence-electron chi connectivity index (χ3n) is 18.8. The van der Waals surface area contributed by atoms with E-state index in [1.54, 1.807) is 29.3 Å². The Kier molecular flexibility index (Phi) is 20.1. The summed E-state index contributed by atoms with van der Waals surface area (Å²) in [5.41, 5.74) is 9.18. The Labute approximate surface area is 570 Å². The molecule has 0 unspecified atom stereocenters. The Bertz CT molecular complexity index is 4540. The van der Waals surface area contributed by atoms with Crippen molar-refractivity contribution in [1.29, 1.82) is 15.8 Å². The van der Waals surface area contributed by atoms with Gasteiger partial charge >= 0.3 is 0 Å². The molecule has 27 nitrogen and oxygen atoms in total. The number of methoxy groups -OCH3 is 1. The van der Waals surface area contributed by atoms with Crippen molar-refractivity contribution in [2.75, 3.05) is 88.9 Å². The van der Waals surface area contributed by atoms with E-state index >= 15 is 0 Å². The molecule has 5 aliphatic heterocycles. The summed E-state index contributed by atoms with van der Waals surface area (Å²) in [5, 5.41) is 50.5. The van der Waals surface area contributed by atoms with Crippen LogP contribution in [-0.2, 0) is 19.2 Å². The number of rotatable bonds is 16. The van der Waals surface area contributed by atoms with Gasteiger partial charge in [0, 0.05) is 138 Å². The van der Waals surface area contributed by atoms with Crippen LogP contribution in [-0.4, -0.2) is 175 Å². The zero-order valence-corrected chi connectivity index (χ0v) is 55.9. The summed E-state index contributed by atoms with van der Waals surface area (Å²) in [6.45, 7) is 18.0. The highest BCUT2D eigenvalue weighted by Crippen LogP contribution is 2.36. The molecule has 6 aromatic heterocycles. The fraction of sp³-hybridized carbons (Fsp3) is 0.386. The molecule has 0 radical (unpaired) electrons. The molecule has 0 spiro atoms. The molecule has 0 bridgehead atoms. The van der Waals surface area contributed by atoms with Crippen molar-refractivity contribution in [1.82, 2.24) is 69.5 Å². The van der Waals surface area contributed by atoms with E-state index in [1.165, 1.54) is 35.0 Å². The maximum atomic E-state index is 12.8. The number of carbonyl (C=O) groups is 4. The normalized spacial score (nSPS) is 18.9. The first-order chi connectivity index (χ1) is 47.4. The zero-order valence-electron chi connectivity index (χ0n) is 55.1. The highest BCUT2D eigenvalue weighted by atomic mass is 35.5. The molecule has 4 amide bonds. The van der Waals surface area contributed by atoms with Crippen LogP contribution in [0.5, 0.6) is 23.4 Å². The van der Waals surface area contributed by atoms with Gasteiger partial charge in [0.2, 0.25) is 41.3 Å². The summed E-state index contributed by atoms with van der Waals surface area (Å²) >= 11 is 6.09. The van der Waals surface area contributed by atoms with E-state index < -0.39 is 0 Å². The van der Waals surface area contributed by atoms with Gasteiger partial charge in [-0.15, -0.1) is 0 Å². The lowest BCUT2D eigenvalue weighted by molar-refractivity contribution is -0.130. The van der Waals surface area contributed by atoms with Crippen LogP contribution < -0.4 is 44.7 Å². The summed E-state index contributed by atoms with van der Waals surface area (Å²) in [5.74, 6) is 2.00. The van der Waals surface area contributed by atoms with Gasteiger partial charge in [0.25, 0.3) is 0 Å². The van der Waals surface area contributed by atoms with E-state index in [0.717, 1.165) is 80.5 Å². The minimum absolute atomic E-state index is 0.0159. The number of hydrogen-bond donors (Lipinski definition) is 3. The van der Waals surface area contributed by atoms with Crippen LogP contribution in [0.15, 0.2) is 110 Å². The number of nitriles is 3. The third-order valence-corrected chi connectivity index (χ3v) is 19.0. The Morgan fingerprint density at radius 3 is 1.44 bits per heavy atom. The number of aromatic nitrogens is 9. The summed E-state index contributed by atoms with van der Waals surface area (Å²) in [6.07, 6.45) is 9.98. The topological polar surface area (TPSA) is 316 Å². The predicted molar refractivity (Wildman–Crippen MR) is 362 cm³/mol. The number of carbonyl (C=O) groups excluding carboxylic acids is 4. The number of amides is 4. The molecule has 9 aromatic rings. The van der Waals surface area contributed by atoms with Gasteiger partial charge in [-0.1, -0.05) is 48.0 Å². The van der Waals surface area contributed by atoms with Crippen LogP contribution in [0.2, 0.25) is 5.15 Å². The van der Waals surface area contributed by atoms with Crippen molar-refractivity contribution in [3.8, 4) is 64.1 Å². The van der Waals surface area contributed by atoms with Gasteiger partial charge in [0.1, 0.15) is 75.5 Å². The van der Waals surface area contributed by atoms with Gasteiger partial charge < -0.3 is 54.5 Å². The fourth-order valence-corrected chi connectivity index (χ4v) is 13.0. The lowest BCUT2D eigenvalue weighted by Crippen LogP contribution is -2.48. The van der Waals surface area contributed by atoms with Crippen LogP contribution in [0.3, 0.4) is 0 Å². The monoisotopic (exact) mass is 1340 g/mol. The molecule has 7 atom stereocenters. The van der Waals surface area contributed by atoms with Gasteiger partial charge in [-0.25, -0.2) is 23.5 Å². The van der Waals surface area contributed by atoms with Crippen LogP contribution in [0.4, 0.5) is 11.4 Å². The Morgan fingerprint density at radius 2 is 1.01 bits per heavy atom. The summed E-state index contributed by atoms with van der Waals surface area (Å²) < 4.78 is 28.5. The molecule has 3 N–H and O–H groups in total. The molecule has 11 heterocycles. The van der Waals surface area contributed by atoms with E-state index in [-0.39, 0.29) is 76.8 Å². The summed E-state index contributed by atoms with van der Waals surface area (Å²) in [7, 11) is 1.63. The van der Waals surface area contributed by atoms with Gasteiger partial charge in [-0.3, -0.25) is 19.2 Å². The highest BCUT2D eigenvalue weighted by molar-refractivity contribution is 6.29. The van der Waals surface area contributed by atoms with Crippen molar-refractivity contribution in [3.05, 3.63) is 137 Å². The molecule has 3 aromatic carbocycles. The molecule has 0 aliphatic carbocycles. The van der Waals surface area contributed by atoms with Crippen molar-refractivity contribution in [3.63, 3.8) is 0 Å². The molecule has 5 saturated heterocycles. The number of nitrogens with zero attached hydrogens (tertiary/aromatic N) is 16. The number of hydrogen-bond acceptors (Lipinski definition) is 20. The molecule has 98 heavy (non-hydrogen) atoms. The van der Waals surface area contributed by atoms with Crippen molar-refractivity contribution < 1.29 is 38.1 Å². The number of fused-ring (bicyclic) bond motifs is 3. The Morgan fingerprint density at radius 1 is 0.571 bits per heavy atom. The van der Waals surface area contributed by atoms with Gasteiger partial charge in [0.15, 0.2) is 5.15 Å². The molecular weight excluding hydrogens is 1270 g/mol. The molecule has 28 heteroatoms. The number of benzene rings is 3. The van der Waals surface area contributed by atoms with Crippen molar-refractivity contribution >= 4 is 63.2 Å². The number of anilines is 2.